The van der Waals surface area contributed by atoms with Gasteiger partial charge in [0.25, 0.3) is 6.71 Å². The molecule has 0 unspecified atom stereocenters. The third kappa shape index (κ3) is 5.50. The normalized spacial score (nSPS) is 18.6. The first-order chi connectivity index (χ1) is 8.30. The predicted octanol–water partition coefficient (Wildman–Crippen LogP) is 4.56. The fourth-order valence-corrected chi connectivity index (χ4v) is 3.25. The molecule has 0 spiro atoms. The van der Waals surface area contributed by atoms with Crippen LogP contribution in [0.1, 0.15) is 33.1 Å². The Morgan fingerprint density at radius 3 is 2.71 bits per heavy atom. The van der Waals surface area contributed by atoms with E-state index in [-0.39, 0.29) is 0 Å². The van der Waals surface area contributed by atoms with Crippen molar-refractivity contribution in [1.82, 2.24) is 0 Å². The Bertz CT molecular complexity index is 309. The molecule has 1 fully saturated rings. The number of allylic oxidation sites excluding steroid dienone is 3. The van der Waals surface area contributed by atoms with E-state index in [2.05, 4.69) is 38.0 Å². The largest absolute Gasteiger partial charge is 0.267 e. The summed E-state index contributed by atoms with van der Waals surface area (Å²) in [6.45, 7) is 4.60. The Morgan fingerprint density at radius 2 is 2.18 bits per heavy atom. The lowest BCUT2D eigenvalue weighted by atomic mass is 9.42. The van der Waals surface area contributed by atoms with Gasteiger partial charge in [0.1, 0.15) is 0 Å². The Labute approximate surface area is 110 Å². The topological polar surface area (TPSA) is 23.8 Å². The summed E-state index contributed by atoms with van der Waals surface area (Å²) in [6.07, 6.45) is 12.4. The van der Waals surface area contributed by atoms with Crippen molar-refractivity contribution < 1.29 is 0 Å². The van der Waals surface area contributed by atoms with E-state index in [4.69, 9.17) is 5.26 Å². The smallest absolute Gasteiger partial charge is 0.213 e. The lowest BCUT2D eigenvalue weighted by Gasteiger charge is -2.22. The standard InChI is InChI=1S/C14H22BNS/c1-3-5-6-14(4-2)17-11-13-7-9-15(12-16)10-8-13/h4-6,13H,3,7-11H2,1-2H3/b6-5-,14-4+. The molecule has 1 aliphatic heterocycles. The van der Waals surface area contributed by atoms with Gasteiger partial charge < -0.3 is 0 Å². The molecule has 1 nitrogen and oxygen atoms in total. The number of hydrogen-bond donors (Lipinski definition) is 0. The lowest BCUT2D eigenvalue weighted by molar-refractivity contribution is 0.529. The summed E-state index contributed by atoms with van der Waals surface area (Å²) in [4.78, 5) is 1.38. The van der Waals surface area contributed by atoms with Gasteiger partial charge in [-0.1, -0.05) is 50.6 Å². The maximum atomic E-state index is 8.86. The van der Waals surface area contributed by atoms with Gasteiger partial charge in [0.15, 0.2) is 0 Å². The van der Waals surface area contributed by atoms with Crippen molar-refractivity contribution in [3.63, 3.8) is 0 Å². The zero-order valence-corrected chi connectivity index (χ0v) is 11.8. The molecule has 0 aromatic carbocycles. The van der Waals surface area contributed by atoms with Crippen LogP contribution in [0.2, 0.25) is 12.6 Å². The molecule has 1 rings (SSSR count). The fraction of sp³-hybridized carbons (Fsp3) is 0.643. The van der Waals surface area contributed by atoms with E-state index in [1.54, 1.807) is 0 Å². The summed E-state index contributed by atoms with van der Waals surface area (Å²) in [5, 5.41) is 8.86. The quantitative estimate of drug-likeness (QED) is 0.525. The van der Waals surface area contributed by atoms with Crippen LogP contribution in [0.25, 0.3) is 0 Å². The Kier molecular flexibility index (Phi) is 7.20. The molecule has 0 bridgehead atoms. The molecular formula is C14H22BNS. The van der Waals surface area contributed by atoms with Crippen LogP contribution in [-0.2, 0) is 0 Å². The second-order valence-corrected chi connectivity index (χ2v) is 5.75. The molecule has 1 aliphatic rings. The first-order valence-electron chi connectivity index (χ1n) is 6.65. The Hall–Kier alpha value is -0.615. The summed E-state index contributed by atoms with van der Waals surface area (Å²) in [6, 6.07) is 0. The molecule has 0 aromatic heterocycles. The third-order valence-corrected chi connectivity index (χ3v) is 4.66. The fourth-order valence-electron chi connectivity index (χ4n) is 2.13. The minimum Gasteiger partial charge on any atom is -0.213 e. The molecule has 0 N–H and O–H groups in total. The van der Waals surface area contributed by atoms with Gasteiger partial charge in [-0.15, -0.1) is 11.8 Å². The first kappa shape index (κ1) is 14.4. The second-order valence-electron chi connectivity index (χ2n) is 4.66. The van der Waals surface area contributed by atoms with Crippen molar-refractivity contribution in [3.05, 3.63) is 23.1 Å². The zero-order chi connectivity index (χ0) is 12.5. The van der Waals surface area contributed by atoms with Crippen LogP contribution >= 0.6 is 11.8 Å². The van der Waals surface area contributed by atoms with Crippen molar-refractivity contribution in [1.29, 1.82) is 5.26 Å². The van der Waals surface area contributed by atoms with Gasteiger partial charge in [-0.25, -0.2) is 5.26 Å². The van der Waals surface area contributed by atoms with Crippen molar-refractivity contribution in [2.75, 3.05) is 5.75 Å². The maximum Gasteiger partial charge on any atom is 0.267 e. The average molecular weight is 247 g/mol. The van der Waals surface area contributed by atoms with Crippen molar-refractivity contribution >= 4 is 18.5 Å². The molecule has 0 saturated carbocycles. The highest BCUT2D eigenvalue weighted by molar-refractivity contribution is 8.03. The van der Waals surface area contributed by atoms with Gasteiger partial charge in [0, 0.05) is 16.6 Å². The minimum atomic E-state index is 0.331. The molecule has 92 valence electrons. The van der Waals surface area contributed by atoms with Crippen LogP contribution in [0.4, 0.5) is 0 Å². The molecule has 0 amide bonds. The summed E-state index contributed by atoms with van der Waals surface area (Å²) < 4.78 is 0. The molecule has 1 saturated heterocycles. The van der Waals surface area contributed by atoms with E-state index < -0.39 is 0 Å². The maximum absolute atomic E-state index is 8.86. The number of nitrogens with zero attached hydrogens (tertiary/aromatic N) is 1. The van der Waals surface area contributed by atoms with Gasteiger partial charge in [-0.3, -0.25) is 0 Å². The lowest BCUT2D eigenvalue weighted by Crippen LogP contribution is -2.21. The van der Waals surface area contributed by atoms with E-state index in [1.165, 1.54) is 23.5 Å². The number of rotatable bonds is 5. The van der Waals surface area contributed by atoms with Crippen molar-refractivity contribution in [2.24, 2.45) is 5.92 Å². The average Bonchev–Trinajstić information content (AvgIpc) is 2.39. The summed E-state index contributed by atoms with van der Waals surface area (Å²) in [7, 11) is 0. The van der Waals surface area contributed by atoms with Gasteiger partial charge in [-0.05, 0) is 19.3 Å². The number of thioether (sulfide) groups is 1. The van der Waals surface area contributed by atoms with Crippen LogP contribution in [-0.4, -0.2) is 12.5 Å². The highest BCUT2D eigenvalue weighted by Gasteiger charge is 2.23. The van der Waals surface area contributed by atoms with Crippen molar-refractivity contribution in [3.8, 4) is 5.97 Å². The third-order valence-electron chi connectivity index (χ3n) is 3.32. The van der Waals surface area contributed by atoms with E-state index in [0.29, 0.717) is 6.71 Å². The van der Waals surface area contributed by atoms with Crippen LogP contribution in [0, 0.1) is 17.1 Å². The molecule has 0 aliphatic carbocycles. The highest BCUT2D eigenvalue weighted by Crippen LogP contribution is 2.30. The van der Waals surface area contributed by atoms with E-state index >= 15 is 0 Å². The SMILES string of the molecule is C/C=C(\C=C/CC)SCC1CCB(C#N)CC1. The monoisotopic (exact) mass is 247 g/mol. The number of nitriles is 1. The van der Waals surface area contributed by atoms with E-state index in [9.17, 15) is 0 Å². The summed E-state index contributed by atoms with van der Waals surface area (Å²) >= 11 is 1.97. The van der Waals surface area contributed by atoms with Crippen LogP contribution in [0.5, 0.6) is 0 Å². The van der Waals surface area contributed by atoms with E-state index in [1.807, 2.05) is 11.8 Å². The second kappa shape index (κ2) is 8.47. The molecular weight excluding hydrogens is 225 g/mol. The van der Waals surface area contributed by atoms with Gasteiger partial charge in [-0.2, -0.15) is 0 Å². The Balaban J connectivity index is 2.27. The van der Waals surface area contributed by atoms with Gasteiger partial charge in [0.2, 0.25) is 0 Å². The summed E-state index contributed by atoms with van der Waals surface area (Å²) in [5.74, 6) is 4.43. The van der Waals surface area contributed by atoms with Crippen LogP contribution in [0.3, 0.4) is 0 Å². The van der Waals surface area contributed by atoms with Gasteiger partial charge >= 0.3 is 0 Å². The molecule has 3 heteroatoms. The number of hydrogen-bond acceptors (Lipinski definition) is 2. The highest BCUT2D eigenvalue weighted by atomic mass is 32.2. The molecule has 17 heavy (non-hydrogen) atoms. The van der Waals surface area contributed by atoms with E-state index in [0.717, 1.165) is 25.0 Å². The van der Waals surface area contributed by atoms with Crippen molar-refractivity contribution in [2.45, 2.75) is 45.8 Å². The minimum absolute atomic E-state index is 0.331. The van der Waals surface area contributed by atoms with Crippen LogP contribution in [0.15, 0.2) is 23.1 Å². The molecule has 0 atom stereocenters. The zero-order valence-electron chi connectivity index (χ0n) is 11.0. The summed E-state index contributed by atoms with van der Waals surface area (Å²) in [5.41, 5.74) is 0. The van der Waals surface area contributed by atoms with Crippen LogP contribution < -0.4 is 0 Å². The Morgan fingerprint density at radius 1 is 1.47 bits per heavy atom. The molecule has 0 radical (unpaired) electrons. The molecule has 1 heterocycles. The van der Waals surface area contributed by atoms with Gasteiger partial charge in [0.05, 0.1) is 0 Å². The first-order valence-corrected chi connectivity index (χ1v) is 7.64. The predicted molar refractivity (Wildman–Crippen MR) is 79.4 cm³/mol. The molecule has 0 aromatic rings.